The molecule has 6 nitrogen and oxygen atoms in total. The second-order valence-electron chi connectivity index (χ2n) is 7.84. The van der Waals surface area contributed by atoms with Gasteiger partial charge in [-0.15, -0.1) is 0 Å². The molecule has 3 N–H and O–H groups in total. The van der Waals surface area contributed by atoms with Gasteiger partial charge in [0.1, 0.15) is 0 Å². The fraction of sp³-hybridized carbons (Fsp3) is 0.550. The van der Waals surface area contributed by atoms with Crippen molar-refractivity contribution in [3.8, 4) is 0 Å². The molecule has 2 aromatic rings. The smallest absolute Gasteiger partial charge is 0.254 e. The molecule has 140 valence electrons. The van der Waals surface area contributed by atoms with Crippen molar-refractivity contribution >= 4 is 16.8 Å². The van der Waals surface area contributed by atoms with Crippen molar-refractivity contribution in [2.45, 2.75) is 36.9 Å². The second-order valence-corrected chi connectivity index (χ2v) is 7.84. The summed E-state index contributed by atoms with van der Waals surface area (Å²) in [4.78, 5) is 17.8. The van der Waals surface area contributed by atoms with Crippen molar-refractivity contribution in [1.29, 1.82) is 0 Å². The number of ether oxygens (including phenoxy) is 1. The number of aromatic nitrogens is 1. The van der Waals surface area contributed by atoms with E-state index in [-0.39, 0.29) is 11.5 Å². The summed E-state index contributed by atoms with van der Waals surface area (Å²) in [5.74, 6) is -0.0607. The zero-order valence-electron chi connectivity index (χ0n) is 15.3. The predicted octanol–water partition coefficient (Wildman–Crippen LogP) is 1.90. The minimum absolute atomic E-state index is 0.0607. The maximum absolute atomic E-state index is 13.0. The lowest BCUT2D eigenvalue weighted by atomic mass is 9.77. The molecule has 1 spiro atoms. The van der Waals surface area contributed by atoms with E-state index in [0.29, 0.717) is 31.6 Å². The Morgan fingerprint density at radius 2 is 2.08 bits per heavy atom. The van der Waals surface area contributed by atoms with E-state index >= 15 is 0 Å². The van der Waals surface area contributed by atoms with Gasteiger partial charge in [0.25, 0.3) is 5.91 Å². The lowest BCUT2D eigenvalue weighted by molar-refractivity contribution is -0.173. The predicted molar refractivity (Wildman–Crippen MR) is 100 cm³/mol. The molecule has 0 saturated carbocycles. The third kappa shape index (κ3) is 3.24. The van der Waals surface area contributed by atoms with Crippen molar-refractivity contribution in [2.75, 3.05) is 33.3 Å². The zero-order valence-corrected chi connectivity index (χ0v) is 15.3. The largest absolute Gasteiger partial charge is 0.388 e. The van der Waals surface area contributed by atoms with Gasteiger partial charge in [-0.2, -0.15) is 0 Å². The topological polar surface area (TPSA) is 77.6 Å². The van der Waals surface area contributed by atoms with Crippen molar-refractivity contribution in [2.24, 2.45) is 0 Å². The fourth-order valence-corrected chi connectivity index (χ4v) is 4.53. The molecule has 2 fully saturated rings. The molecule has 3 heterocycles. The quantitative estimate of drug-likeness (QED) is 0.784. The molecule has 2 saturated heterocycles. The van der Waals surface area contributed by atoms with E-state index in [1.807, 2.05) is 30.5 Å². The number of hydrogen-bond acceptors (Lipinski definition) is 4. The lowest BCUT2D eigenvalue weighted by Crippen LogP contribution is -2.57. The number of aliphatic hydroxyl groups is 1. The van der Waals surface area contributed by atoms with Crippen molar-refractivity contribution in [1.82, 2.24) is 15.2 Å². The Morgan fingerprint density at radius 1 is 1.27 bits per heavy atom. The number of nitrogens with zero attached hydrogens (tertiary/aromatic N) is 1. The standard InChI is InChI=1S/C20H27N3O3/c1-23(18(24)16-3-2-4-17-15(16)5-9-22-17)14-19(25)8-12-26-20(13-19)6-10-21-11-7-20/h2-5,9,21-22,25H,6-8,10-14H2,1H3. The normalized spacial score (nSPS) is 25.5. The molecule has 2 aliphatic rings. The Kier molecular flexibility index (Phi) is 4.50. The highest BCUT2D eigenvalue weighted by atomic mass is 16.5. The molecule has 1 atom stereocenters. The summed E-state index contributed by atoms with van der Waals surface area (Å²) in [5, 5.41) is 15.5. The van der Waals surface area contributed by atoms with Gasteiger partial charge in [-0.05, 0) is 44.1 Å². The molecule has 6 heteroatoms. The van der Waals surface area contributed by atoms with Crippen LogP contribution in [0.3, 0.4) is 0 Å². The molecular formula is C20H27N3O3. The van der Waals surface area contributed by atoms with Crippen LogP contribution in [0.5, 0.6) is 0 Å². The maximum Gasteiger partial charge on any atom is 0.254 e. The number of benzene rings is 1. The van der Waals surface area contributed by atoms with Gasteiger partial charge in [0, 0.05) is 49.1 Å². The van der Waals surface area contributed by atoms with Gasteiger partial charge in [0.05, 0.1) is 17.8 Å². The third-order valence-corrected chi connectivity index (χ3v) is 5.85. The van der Waals surface area contributed by atoms with Crippen LogP contribution in [-0.4, -0.2) is 65.4 Å². The number of carbonyl (C=O) groups is 1. The van der Waals surface area contributed by atoms with E-state index in [2.05, 4.69) is 10.3 Å². The number of fused-ring (bicyclic) bond motifs is 1. The summed E-state index contributed by atoms with van der Waals surface area (Å²) in [6.45, 7) is 2.71. The summed E-state index contributed by atoms with van der Waals surface area (Å²) < 4.78 is 6.07. The number of H-pyrrole nitrogens is 1. The van der Waals surface area contributed by atoms with Gasteiger partial charge in [-0.1, -0.05) is 6.07 Å². The average molecular weight is 357 g/mol. The Hall–Kier alpha value is -1.89. The Morgan fingerprint density at radius 3 is 2.88 bits per heavy atom. The van der Waals surface area contributed by atoms with Crippen LogP contribution in [0.15, 0.2) is 30.5 Å². The Bertz CT molecular complexity index is 791. The first kappa shape index (κ1) is 17.5. The monoisotopic (exact) mass is 357 g/mol. The SMILES string of the molecule is CN(CC1(O)CCOC2(CCNCC2)C1)C(=O)c1cccc2[nH]ccc12. The molecule has 4 rings (SSSR count). The minimum atomic E-state index is -0.897. The third-order valence-electron chi connectivity index (χ3n) is 5.85. The van der Waals surface area contributed by atoms with Gasteiger partial charge in [-0.3, -0.25) is 4.79 Å². The maximum atomic E-state index is 13.0. The second kappa shape index (κ2) is 6.68. The van der Waals surface area contributed by atoms with E-state index in [9.17, 15) is 9.90 Å². The first-order chi connectivity index (χ1) is 12.5. The number of carbonyl (C=O) groups excluding carboxylic acids is 1. The van der Waals surface area contributed by atoms with Crippen molar-refractivity contribution < 1.29 is 14.6 Å². The fourth-order valence-electron chi connectivity index (χ4n) is 4.53. The zero-order chi connectivity index (χ0) is 18.2. The molecular weight excluding hydrogens is 330 g/mol. The van der Waals surface area contributed by atoms with Crippen LogP contribution >= 0.6 is 0 Å². The molecule has 26 heavy (non-hydrogen) atoms. The summed E-state index contributed by atoms with van der Waals surface area (Å²) in [5.41, 5.74) is 0.468. The Balaban J connectivity index is 1.50. The number of hydrogen-bond donors (Lipinski definition) is 3. The van der Waals surface area contributed by atoms with Crippen molar-refractivity contribution in [3.63, 3.8) is 0 Å². The highest BCUT2D eigenvalue weighted by Gasteiger charge is 2.46. The van der Waals surface area contributed by atoms with Crippen LogP contribution in [0.4, 0.5) is 0 Å². The average Bonchev–Trinajstić information content (AvgIpc) is 3.10. The number of aromatic amines is 1. The lowest BCUT2D eigenvalue weighted by Gasteiger charge is -2.48. The van der Waals surface area contributed by atoms with Crippen LogP contribution in [0.25, 0.3) is 10.9 Å². The number of likely N-dealkylation sites (N-methyl/N-ethyl adjacent to an activating group) is 1. The molecule has 0 aliphatic carbocycles. The molecule has 1 aromatic carbocycles. The summed E-state index contributed by atoms with van der Waals surface area (Å²) >= 11 is 0. The van der Waals surface area contributed by atoms with E-state index in [1.54, 1.807) is 11.9 Å². The highest BCUT2D eigenvalue weighted by Crippen LogP contribution is 2.38. The number of piperidine rings is 1. The summed E-state index contributed by atoms with van der Waals surface area (Å²) in [6.07, 6.45) is 4.82. The van der Waals surface area contributed by atoms with Crippen LogP contribution in [-0.2, 0) is 4.74 Å². The van der Waals surface area contributed by atoms with Crippen LogP contribution in [0.1, 0.15) is 36.0 Å². The van der Waals surface area contributed by atoms with Crippen LogP contribution in [0.2, 0.25) is 0 Å². The number of nitrogens with one attached hydrogen (secondary N) is 2. The molecule has 2 aliphatic heterocycles. The van der Waals surface area contributed by atoms with E-state index < -0.39 is 5.60 Å². The molecule has 1 amide bonds. The Labute approximate surface area is 153 Å². The first-order valence-electron chi connectivity index (χ1n) is 9.39. The first-order valence-corrected chi connectivity index (χ1v) is 9.39. The van der Waals surface area contributed by atoms with E-state index in [4.69, 9.17) is 4.74 Å². The van der Waals surface area contributed by atoms with Gasteiger partial charge >= 0.3 is 0 Å². The summed E-state index contributed by atoms with van der Waals surface area (Å²) in [6, 6.07) is 7.60. The number of rotatable bonds is 3. The van der Waals surface area contributed by atoms with Gasteiger partial charge in [0.15, 0.2) is 0 Å². The van der Waals surface area contributed by atoms with E-state index in [0.717, 1.165) is 36.8 Å². The van der Waals surface area contributed by atoms with E-state index in [1.165, 1.54) is 0 Å². The van der Waals surface area contributed by atoms with Crippen LogP contribution in [0, 0.1) is 0 Å². The molecule has 1 unspecified atom stereocenters. The van der Waals surface area contributed by atoms with Crippen molar-refractivity contribution in [3.05, 3.63) is 36.0 Å². The minimum Gasteiger partial charge on any atom is -0.388 e. The summed E-state index contributed by atoms with van der Waals surface area (Å²) in [7, 11) is 1.77. The molecule has 1 aromatic heterocycles. The van der Waals surface area contributed by atoms with Gasteiger partial charge in [-0.25, -0.2) is 0 Å². The number of amides is 1. The van der Waals surface area contributed by atoms with Gasteiger partial charge < -0.3 is 25.0 Å². The highest BCUT2D eigenvalue weighted by molar-refractivity contribution is 6.06. The van der Waals surface area contributed by atoms with Gasteiger partial charge in [0.2, 0.25) is 0 Å². The molecule has 0 radical (unpaired) electrons. The molecule has 0 bridgehead atoms. The van der Waals surface area contributed by atoms with Crippen LogP contribution < -0.4 is 5.32 Å².